The summed E-state index contributed by atoms with van der Waals surface area (Å²) in [6.07, 6.45) is 3.84. The van der Waals surface area contributed by atoms with Crippen molar-refractivity contribution >= 4 is 54.1 Å². The van der Waals surface area contributed by atoms with Gasteiger partial charge >= 0.3 is 0 Å². The molecule has 0 amide bonds. The molecule has 0 radical (unpaired) electrons. The molecule has 0 unspecified atom stereocenters. The van der Waals surface area contributed by atoms with E-state index in [2.05, 4.69) is 4.98 Å². The predicted octanol–water partition coefficient (Wildman–Crippen LogP) is 3.64. The Kier molecular flexibility index (Phi) is 4.04. The third kappa shape index (κ3) is 2.73. The maximum absolute atomic E-state index is 13.2. The zero-order valence-corrected chi connectivity index (χ0v) is 15.4. The predicted molar refractivity (Wildman–Crippen MR) is 102 cm³/mol. The van der Waals surface area contributed by atoms with E-state index in [9.17, 15) is 8.42 Å². The lowest BCUT2D eigenvalue weighted by molar-refractivity contribution is 0.591. The van der Waals surface area contributed by atoms with Crippen molar-refractivity contribution in [3.8, 4) is 0 Å². The summed E-state index contributed by atoms with van der Waals surface area (Å²) in [7, 11) is -3.73. The van der Waals surface area contributed by atoms with Gasteiger partial charge in [-0.15, -0.1) is 11.3 Å². The normalized spacial score (nSPS) is 12.2. The second-order valence-electron chi connectivity index (χ2n) is 5.61. The van der Waals surface area contributed by atoms with E-state index in [4.69, 9.17) is 17.3 Å². The van der Waals surface area contributed by atoms with Gasteiger partial charge in [-0.1, -0.05) is 11.6 Å². The molecule has 25 heavy (non-hydrogen) atoms. The minimum absolute atomic E-state index is 0.268. The van der Waals surface area contributed by atoms with Gasteiger partial charge < -0.3 is 5.73 Å². The highest BCUT2D eigenvalue weighted by molar-refractivity contribution is 7.92. The number of benzene rings is 1. The molecule has 1 aromatic carbocycles. The monoisotopic (exact) mass is 391 g/mol. The molecule has 5 nitrogen and oxygen atoms in total. The largest absolute Gasteiger partial charge is 0.330 e. The Bertz CT molecular complexity index is 1200. The molecule has 8 heteroatoms. The van der Waals surface area contributed by atoms with Gasteiger partial charge in [0, 0.05) is 22.1 Å². The summed E-state index contributed by atoms with van der Waals surface area (Å²) in [4.78, 5) is 4.33. The molecular weight excluding hydrogens is 378 g/mol. The van der Waals surface area contributed by atoms with Crippen molar-refractivity contribution in [3.05, 3.63) is 59.4 Å². The molecular formula is C17H14ClN3O2S2. The van der Waals surface area contributed by atoms with Crippen LogP contribution in [0.4, 0.5) is 0 Å². The number of aromatic nitrogens is 2. The SMILES string of the molecule is NCCc1cn(S(=O)(=O)c2cc3cc(Cl)ccc3s2)c2cccnc12. The summed E-state index contributed by atoms with van der Waals surface area (Å²) in [5, 5.41) is 1.39. The van der Waals surface area contributed by atoms with Gasteiger partial charge in [0.1, 0.15) is 4.21 Å². The van der Waals surface area contributed by atoms with Crippen LogP contribution in [0.25, 0.3) is 21.1 Å². The summed E-state index contributed by atoms with van der Waals surface area (Å²) >= 11 is 7.23. The van der Waals surface area contributed by atoms with Gasteiger partial charge in [-0.25, -0.2) is 3.97 Å². The van der Waals surface area contributed by atoms with Crippen LogP contribution in [0.2, 0.25) is 5.02 Å². The first-order chi connectivity index (χ1) is 12.0. The quantitative estimate of drug-likeness (QED) is 0.576. The molecule has 0 fully saturated rings. The molecule has 3 heterocycles. The van der Waals surface area contributed by atoms with E-state index in [0.29, 0.717) is 29.0 Å². The lowest BCUT2D eigenvalue weighted by Crippen LogP contribution is -2.10. The van der Waals surface area contributed by atoms with Crippen LogP contribution in [-0.4, -0.2) is 23.9 Å². The van der Waals surface area contributed by atoms with E-state index in [1.165, 1.54) is 15.3 Å². The first kappa shape index (κ1) is 16.5. The van der Waals surface area contributed by atoms with Crippen LogP contribution in [0.15, 0.2) is 53.0 Å². The van der Waals surface area contributed by atoms with E-state index in [1.807, 2.05) is 6.07 Å². The number of nitrogens with two attached hydrogens (primary N) is 1. The van der Waals surface area contributed by atoms with Crippen LogP contribution in [0.5, 0.6) is 0 Å². The van der Waals surface area contributed by atoms with Gasteiger partial charge in [-0.3, -0.25) is 4.98 Å². The lowest BCUT2D eigenvalue weighted by Gasteiger charge is -2.04. The van der Waals surface area contributed by atoms with Crippen LogP contribution in [0, 0.1) is 0 Å². The smallest absolute Gasteiger partial charge is 0.277 e. The van der Waals surface area contributed by atoms with Crippen LogP contribution >= 0.6 is 22.9 Å². The third-order valence-electron chi connectivity index (χ3n) is 3.98. The van der Waals surface area contributed by atoms with Crippen LogP contribution in [-0.2, 0) is 16.4 Å². The Morgan fingerprint density at radius 1 is 1.24 bits per heavy atom. The minimum Gasteiger partial charge on any atom is -0.330 e. The van der Waals surface area contributed by atoms with Gasteiger partial charge in [0.05, 0.1) is 11.0 Å². The second-order valence-corrected chi connectivity index (χ2v) is 9.17. The number of thiophene rings is 1. The fourth-order valence-electron chi connectivity index (χ4n) is 2.85. The van der Waals surface area contributed by atoms with Crippen LogP contribution < -0.4 is 5.73 Å². The summed E-state index contributed by atoms with van der Waals surface area (Å²) in [5.74, 6) is 0. The summed E-state index contributed by atoms with van der Waals surface area (Å²) in [6.45, 7) is 0.428. The average Bonchev–Trinajstić information content (AvgIpc) is 3.17. The second kappa shape index (κ2) is 6.10. The Hall–Kier alpha value is -1.93. The van der Waals surface area contributed by atoms with Crippen molar-refractivity contribution in [1.82, 2.24) is 8.96 Å². The van der Waals surface area contributed by atoms with Crippen molar-refractivity contribution in [2.45, 2.75) is 10.6 Å². The summed E-state index contributed by atoms with van der Waals surface area (Å²) in [6, 6.07) is 10.5. The molecule has 3 aromatic heterocycles. The number of halogens is 1. The number of rotatable bonds is 4. The molecule has 4 aromatic rings. The molecule has 0 saturated carbocycles. The Morgan fingerprint density at radius 2 is 2.08 bits per heavy atom. The molecule has 0 atom stereocenters. The van der Waals surface area contributed by atoms with Gasteiger partial charge in [0.25, 0.3) is 10.0 Å². The van der Waals surface area contributed by atoms with Crippen LogP contribution in [0.3, 0.4) is 0 Å². The number of pyridine rings is 1. The van der Waals surface area contributed by atoms with E-state index < -0.39 is 10.0 Å². The Labute approximate surface area is 153 Å². The van der Waals surface area contributed by atoms with E-state index in [0.717, 1.165) is 15.6 Å². The molecule has 0 aliphatic carbocycles. The van der Waals surface area contributed by atoms with Crippen LogP contribution in [0.1, 0.15) is 5.56 Å². The first-order valence-corrected chi connectivity index (χ1v) is 10.2. The lowest BCUT2D eigenvalue weighted by atomic mass is 10.2. The summed E-state index contributed by atoms with van der Waals surface area (Å²) < 4.78 is 28.8. The van der Waals surface area contributed by atoms with Crippen molar-refractivity contribution in [3.63, 3.8) is 0 Å². The molecule has 0 spiro atoms. The Morgan fingerprint density at radius 3 is 2.88 bits per heavy atom. The van der Waals surface area contributed by atoms with Gasteiger partial charge in [0.15, 0.2) is 0 Å². The minimum atomic E-state index is -3.73. The summed E-state index contributed by atoms with van der Waals surface area (Å²) in [5.41, 5.74) is 7.70. The van der Waals surface area contributed by atoms with E-state index in [-0.39, 0.29) is 4.21 Å². The number of hydrogen-bond donors (Lipinski definition) is 1. The number of nitrogens with zero attached hydrogens (tertiary/aromatic N) is 2. The van der Waals surface area contributed by atoms with Gasteiger partial charge in [-0.05, 0) is 60.3 Å². The maximum Gasteiger partial charge on any atom is 0.277 e. The standard InChI is InChI=1S/C17H14ClN3O2S2/c18-13-3-4-15-12(8-13)9-16(24-15)25(22,23)21-10-11(5-6-19)17-14(21)2-1-7-20-17/h1-4,7-10H,5-6,19H2. The van der Waals surface area contributed by atoms with E-state index >= 15 is 0 Å². The average molecular weight is 392 g/mol. The maximum atomic E-state index is 13.2. The number of fused-ring (bicyclic) bond motifs is 2. The highest BCUT2D eigenvalue weighted by Crippen LogP contribution is 2.33. The van der Waals surface area contributed by atoms with Gasteiger partial charge in [0.2, 0.25) is 0 Å². The van der Waals surface area contributed by atoms with Crippen molar-refractivity contribution in [2.24, 2.45) is 5.73 Å². The van der Waals surface area contributed by atoms with Crippen molar-refractivity contribution in [1.29, 1.82) is 0 Å². The Balaban J connectivity index is 1.94. The van der Waals surface area contributed by atoms with E-state index in [1.54, 1.807) is 42.7 Å². The zero-order valence-electron chi connectivity index (χ0n) is 13.0. The molecule has 0 saturated heterocycles. The topological polar surface area (TPSA) is 78.0 Å². The molecule has 2 N–H and O–H groups in total. The fourth-order valence-corrected chi connectivity index (χ4v) is 5.87. The van der Waals surface area contributed by atoms with Crippen molar-refractivity contribution < 1.29 is 8.42 Å². The fraction of sp³-hybridized carbons (Fsp3) is 0.118. The molecule has 128 valence electrons. The third-order valence-corrected chi connectivity index (χ3v) is 7.46. The molecule has 0 aliphatic rings. The highest BCUT2D eigenvalue weighted by Gasteiger charge is 2.23. The number of hydrogen-bond acceptors (Lipinski definition) is 5. The van der Waals surface area contributed by atoms with Crippen molar-refractivity contribution in [2.75, 3.05) is 6.54 Å². The first-order valence-electron chi connectivity index (χ1n) is 7.60. The van der Waals surface area contributed by atoms with Gasteiger partial charge in [-0.2, -0.15) is 8.42 Å². The molecule has 4 rings (SSSR count). The molecule has 0 bridgehead atoms. The highest BCUT2D eigenvalue weighted by atomic mass is 35.5. The zero-order chi connectivity index (χ0) is 17.6. The molecule has 0 aliphatic heterocycles.